The largest absolute Gasteiger partial charge is 0.453 e. The van der Waals surface area contributed by atoms with Crippen molar-refractivity contribution >= 4 is 27.8 Å². The Morgan fingerprint density at radius 2 is 2.05 bits per heavy atom. The summed E-state index contributed by atoms with van der Waals surface area (Å²) < 4.78 is 5.55. The fraction of sp³-hybridized carbons (Fsp3) is 0.467. The van der Waals surface area contributed by atoms with Crippen LogP contribution in [-0.4, -0.2) is 49.1 Å². The number of rotatable bonds is 4. The molecule has 0 radical (unpaired) electrons. The summed E-state index contributed by atoms with van der Waals surface area (Å²) in [7, 11) is 1.35. The summed E-state index contributed by atoms with van der Waals surface area (Å²) in [6.45, 7) is 3.36. The number of Topliss-reactive ketones (excluding diaryl/α,β-unsaturated/α-hetero) is 1. The quantitative estimate of drug-likeness (QED) is 0.843. The van der Waals surface area contributed by atoms with Gasteiger partial charge in [-0.05, 0) is 25.5 Å². The molecule has 0 saturated carbocycles. The summed E-state index contributed by atoms with van der Waals surface area (Å²) in [6, 6.07) is 7.22. The van der Waals surface area contributed by atoms with Gasteiger partial charge in [0.15, 0.2) is 5.78 Å². The van der Waals surface area contributed by atoms with Crippen molar-refractivity contribution in [1.82, 2.24) is 10.2 Å². The van der Waals surface area contributed by atoms with E-state index in [0.717, 1.165) is 17.4 Å². The van der Waals surface area contributed by atoms with Crippen molar-refractivity contribution in [1.29, 1.82) is 0 Å². The number of methoxy groups -OCH3 is 1. The number of likely N-dealkylation sites (tertiary alicyclic amines) is 1. The number of nitrogens with one attached hydrogen (secondary N) is 1. The maximum atomic E-state index is 12.5. The number of amides is 1. The molecular weight excluding hydrogens is 336 g/mol. The van der Waals surface area contributed by atoms with Gasteiger partial charge in [-0.3, -0.25) is 9.69 Å². The second-order valence-electron chi connectivity index (χ2n) is 5.16. The Balaban J connectivity index is 1.94. The molecule has 1 aliphatic heterocycles. The van der Waals surface area contributed by atoms with E-state index >= 15 is 0 Å². The summed E-state index contributed by atoms with van der Waals surface area (Å²) in [5, 5.41) is 2.78. The molecule has 0 bridgehead atoms. The predicted octanol–water partition coefficient (Wildman–Crippen LogP) is 2.45. The summed E-state index contributed by atoms with van der Waals surface area (Å²) in [5.41, 5.74) is 0.704. The number of hydrogen-bond donors (Lipinski definition) is 1. The molecule has 2 unspecified atom stereocenters. The Hall–Kier alpha value is -1.40. The highest BCUT2D eigenvalue weighted by Gasteiger charge is 2.30. The fourth-order valence-corrected chi connectivity index (χ4v) is 2.77. The lowest BCUT2D eigenvalue weighted by atomic mass is 10.0. The molecule has 6 heteroatoms. The monoisotopic (exact) mass is 354 g/mol. The van der Waals surface area contributed by atoms with Crippen LogP contribution in [0.2, 0.25) is 0 Å². The van der Waals surface area contributed by atoms with Crippen LogP contribution in [0.25, 0.3) is 0 Å². The van der Waals surface area contributed by atoms with Gasteiger partial charge in [0.25, 0.3) is 0 Å². The van der Waals surface area contributed by atoms with E-state index in [-0.39, 0.29) is 17.9 Å². The fourth-order valence-electron chi connectivity index (χ4n) is 2.50. The normalized spacial score (nSPS) is 20.0. The number of halogens is 1. The molecule has 1 fully saturated rings. The lowest BCUT2D eigenvalue weighted by Crippen LogP contribution is -2.41. The number of benzene rings is 1. The van der Waals surface area contributed by atoms with Crippen LogP contribution in [0.1, 0.15) is 23.7 Å². The van der Waals surface area contributed by atoms with Gasteiger partial charge in [0.2, 0.25) is 0 Å². The van der Waals surface area contributed by atoms with Crippen LogP contribution in [0.5, 0.6) is 0 Å². The third kappa shape index (κ3) is 4.04. The van der Waals surface area contributed by atoms with Gasteiger partial charge in [0.1, 0.15) is 0 Å². The minimum absolute atomic E-state index is 0.0395. The minimum atomic E-state index is -0.422. The van der Waals surface area contributed by atoms with E-state index < -0.39 is 6.09 Å². The Morgan fingerprint density at radius 1 is 1.38 bits per heavy atom. The summed E-state index contributed by atoms with van der Waals surface area (Å²) in [5.74, 6) is 0.0984. The van der Waals surface area contributed by atoms with Gasteiger partial charge in [-0.25, -0.2) is 4.79 Å². The first-order valence-electron chi connectivity index (χ1n) is 6.89. The van der Waals surface area contributed by atoms with E-state index in [1.165, 1.54) is 7.11 Å². The van der Waals surface area contributed by atoms with Crippen molar-refractivity contribution < 1.29 is 14.3 Å². The van der Waals surface area contributed by atoms with Gasteiger partial charge in [0.05, 0.1) is 13.2 Å². The molecule has 1 aromatic carbocycles. The van der Waals surface area contributed by atoms with Crippen molar-refractivity contribution in [2.75, 3.05) is 20.2 Å². The van der Waals surface area contributed by atoms with Crippen molar-refractivity contribution in [3.05, 3.63) is 34.3 Å². The van der Waals surface area contributed by atoms with E-state index in [0.29, 0.717) is 12.1 Å². The van der Waals surface area contributed by atoms with Crippen molar-refractivity contribution in [3.8, 4) is 0 Å². The van der Waals surface area contributed by atoms with E-state index in [2.05, 4.69) is 30.9 Å². The van der Waals surface area contributed by atoms with Gasteiger partial charge in [-0.1, -0.05) is 28.1 Å². The molecule has 2 rings (SSSR count). The molecule has 1 aliphatic rings. The van der Waals surface area contributed by atoms with Gasteiger partial charge in [-0.15, -0.1) is 0 Å². The van der Waals surface area contributed by atoms with Crippen molar-refractivity contribution in [2.24, 2.45) is 0 Å². The minimum Gasteiger partial charge on any atom is -0.453 e. The Morgan fingerprint density at radius 3 is 2.67 bits per heavy atom. The van der Waals surface area contributed by atoms with E-state index in [1.807, 2.05) is 31.2 Å². The Bertz CT molecular complexity index is 518. The number of ketones is 1. The maximum Gasteiger partial charge on any atom is 0.407 e. The molecule has 0 aliphatic carbocycles. The highest BCUT2D eigenvalue weighted by Crippen LogP contribution is 2.18. The third-order valence-electron chi connectivity index (χ3n) is 3.78. The maximum absolute atomic E-state index is 12.5. The summed E-state index contributed by atoms with van der Waals surface area (Å²) in [4.78, 5) is 25.8. The molecule has 114 valence electrons. The summed E-state index contributed by atoms with van der Waals surface area (Å²) in [6.07, 6.45) is 0.404. The van der Waals surface area contributed by atoms with E-state index in [9.17, 15) is 9.59 Å². The first kappa shape index (κ1) is 16.0. The van der Waals surface area contributed by atoms with Crippen LogP contribution in [0.3, 0.4) is 0 Å². The third-order valence-corrected chi connectivity index (χ3v) is 4.31. The van der Waals surface area contributed by atoms with Crippen LogP contribution < -0.4 is 5.32 Å². The zero-order chi connectivity index (χ0) is 15.4. The molecule has 1 aromatic rings. The highest BCUT2D eigenvalue weighted by atomic mass is 79.9. The van der Waals surface area contributed by atoms with Gasteiger partial charge >= 0.3 is 6.09 Å². The molecule has 0 spiro atoms. The lowest BCUT2D eigenvalue weighted by molar-refractivity contribution is 0.0864. The molecule has 5 nitrogen and oxygen atoms in total. The van der Waals surface area contributed by atoms with E-state index in [1.54, 1.807) is 0 Å². The summed E-state index contributed by atoms with van der Waals surface area (Å²) >= 11 is 3.36. The highest BCUT2D eigenvalue weighted by molar-refractivity contribution is 9.10. The van der Waals surface area contributed by atoms with Crippen LogP contribution in [0, 0.1) is 0 Å². The SMILES string of the molecule is COC(=O)NC1CCN(C(C)C(=O)c2ccc(Br)cc2)C1. The zero-order valence-electron chi connectivity index (χ0n) is 12.1. The number of nitrogens with zero attached hydrogens (tertiary/aromatic N) is 1. The van der Waals surface area contributed by atoms with Gasteiger partial charge in [0, 0.05) is 29.2 Å². The first-order chi connectivity index (χ1) is 10.0. The number of ether oxygens (including phenoxy) is 1. The van der Waals surface area contributed by atoms with Crippen LogP contribution in [0.4, 0.5) is 4.79 Å². The van der Waals surface area contributed by atoms with Crippen LogP contribution >= 0.6 is 15.9 Å². The first-order valence-corrected chi connectivity index (χ1v) is 7.69. The Labute approximate surface area is 132 Å². The van der Waals surface area contributed by atoms with Crippen molar-refractivity contribution in [2.45, 2.75) is 25.4 Å². The average Bonchev–Trinajstić information content (AvgIpc) is 2.94. The number of alkyl carbamates (subject to hydrolysis) is 1. The van der Waals surface area contributed by atoms with Gasteiger partial charge < -0.3 is 10.1 Å². The standard InChI is InChI=1S/C15H19BrN2O3/c1-10(14(19)11-3-5-12(16)6-4-11)18-8-7-13(9-18)17-15(20)21-2/h3-6,10,13H,7-9H2,1-2H3,(H,17,20). The molecule has 1 saturated heterocycles. The van der Waals surface area contributed by atoms with Crippen LogP contribution in [0.15, 0.2) is 28.7 Å². The molecule has 1 heterocycles. The van der Waals surface area contributed by atoms with Crippen LogP contribution in [-0.2, 0) is 4.74 Å². The lowest BCUT2D eigenvalue weighted by Gasteiger charge is -2.23. The predicted molar refractivity (Wildman–Crippen MR) is 83.5 cm³/mol. The molecular formula is C15H19BrN2O3. The average molecular weight is 355 g/mol. The van der Waals surface area contributed by atoms with Crippen molar-refractivity contribution in [3.63, 3.8) is 0 Å². The number of carbonyl (C=O) groups is 2. The molecule has 1 N–H and O–H groups in total. The topological polar surface area (TPSA) is 58.6 Å². The second kappa shape index (κ2) is 7.04. The second-order valence-corrected chi connectivity index (χ2v) is 6.08. The number of carbonyl (C=O) groups excluding carboxylic acids is 2. The van der Waals surface area contributed by atoms with Gasteiger partial charge in [-0.2, -0.15) is 0 Å². The molecule has 2 atom stereocenters. The zero-order valence-corrected chi connectivity index (χ0v) is 13.7. The van der Waals surface area contributed by atoms with E-state index in [4.69, 9.17) is 0 Å². The molecule has 0 aromatic heterocycles. The Kier molecular flexibility index (Phi) is 5.36. The number of hydrogen-bond acceptors (Lipinski definition) is 4. The smallest absolute Gasteiger partial charge is 0.407 e. The molecule has 21 heavy (non-hydrogen) atoms. The molecule has 1 amide bonds.